The molecule has 0 aliphatic heterocycles. The Hall–Kier alpha value is -1.89. The van der Waals surface area contributed by atoms with Gasteiger partial charge in [-0.1, -0.05) is 42.5 Å². The zero-order chi connectivity index (χ0) is 10.8. The average molecular weight is 207 g/mol. The summed E-state index contributed by atoms with van der Waals surface area (Å²) < 4.78 is 0. The number of aromatic nitrogens is 1. The molecule has 16 heavy (non-hydrogen) atoms. The molecule has 3 rings (SSSR count). The Morgan fingerprint density at radius 3 is 1.81 bits per heavy atom. The molecule has 78 valence electrons. The summed E-state index contributed by atoms with van der Waals surface area (Å²) in [5, 5.41) is 0. The van der Waals surface area contributed by atoms with Gasteiger partial charge in [0.1, 0.15) is 0 Å². The second-order valence-corrected chi connectivity index (χ2v) is 4.06. The summed E-state index contributed by atoms with van der Waals surface area (Å²) in [6, 6.07) is 6.27. The van der Waals surface area contributed by atoms with Gasteiger partial charge in [-0.25, -0.2) is 4.98 Å². The van der Waals surface area contributed by atoms with Crippen LogP contribution in [0.4, 0.5) is 0 Å². The molecule has 0 radical (unpaired) electrons. The second kappa shape index (κ2) is 3.93. The lowest BCUT2D eigenvalue weighted by Crippen LogP contribution is -1.92. The minimum Gasteiger partial charge on any atom is -0.248 e. The van der Waals surface area contributed by atoms with Crippen LogP contribution in [0.1, 0.15) is 24.2 Å². The molecule has 1 aromatic rings. The highest BCUT2D eigenvalue weighted by Gasteiger charge is 2.08. The van der Waals surface area contributed by atoms with E-state index in [1.807, 2.05) is 0 Å². The molecule has 0 unspecified atom stereocenters. The summed E-state index contributed by atoms with van der Waals surface area (Å²) in [4.78, 5) is 4.72. The second-order valence-electron chi connectivity index (χ2n) is 4.06. The van der Waals surface area contributed by atoms with E-state index in [0.29, 0.717) is 0 Å². The first-order valence-electron chi connectivity index (χ1n) is 5.63. The SMILES string of the molecule is C1=CCC(c2cccc(C3=CC=CC3)n2)=C1. The van der Waals surface area contributed by atoms with E-state index in [0.717, 1.165) is 24.2 Å². The van der Waals surface area contributed by atoms with Crippen molar-refractivity contribution in [3.63, 3.8) is 0 Å². The van der Waals surface area contributed by atoms with Crippen molar-refractivity contribution in [3.8, 4) is 0 Å². The number of rotatable bonds is 2. The third-order valence-corrected chi connectivity index (χ3v) is 2.95. The molecule has 0 bridgehead atoms. The maximum absolute atomic E-state index is 4.72. The van der Waals surface area contributed by atoms with E-state index in [9.17, 15) is 0 Å². The summed E-state index contributed by atoms with van der Waals surface area (Å²) in [7, 11) is 0. The van der Waals surface area contributed by atoms with Crippen molar-refractivity contribution in [3.05, 3.63) is 66.0 Å². The minimum absolute atomic E-state index is 1.01. The lowest BCUT2D eigenvalue weighted by atomic mass is 10.1. The van der Waals surface area contributed by atoms with Crippen molar-refractivity contribution < 1.29 is 0 Å². The van der Waals surface area contributed by atoms with E-state index >= 15 is 0 Å². The van der Waals surface area contributed by atoms with E-state index in [-0.39, 0.29) is 0 Å². The molecule has 2 aliphatic rings. The quantitative estimate of drug-likeness (QED) is 0.719. The molecule has 1 nitrogen and oxygen atoms in total. The lowest BCUT2D eigenvalue weighted by molar-refractivity contribution is 1.19. The van der Waals surface area contributed by atoms with Crippen LogP contribution in [0.3, 0.4) is 0 Å². The van der Waals surface area contributed by atoms with Gasteiger partial charge in [-0.05, 0) is 36.1 Å². The fourth-order valence-corrected chi connectivity index (χ4v) is 2.07. The van der Waals surface area contributed by atoms with Crippen LogP contribution in [-0.2, 0) is 0 Å². The molecule has 0 saturated heterocycles. The predicted octanol–water partition coefficient (Wildman–Crippen LogP) is 3.77. The van der Waals surface area contributed by atoms with Gasteiger partial charge in [0.15, 0.2) is 0 Å². The molecule has 0 aromatic carbocycles. The van der Waals surface area contributed by atoms with Crippen molar-refractivity contribution in [2.45, 2.75) is 12.8 Å². The molecule has 0 atom stereocenters. The summed E-state index contributed by atoms with van der Waals surface area (Å²) in [5.74, 6) is 0. The first kappa shape index (κ1) is 9.34. The van der Waals surface area contributed by atoms with E-state index in [2.05, 4.69) is 54.7 Å². The highest BCUT2D eigenvalue weighted by molar-refractivity contribution is 5.72. The van der Waals surface area contributed by atoms with Crippen molar-refractivity contribution in [2.24, 2.45) is 0 Å². The molecule has 0 fully saturated rings. The highest BCUT2D eigenvalue weighted by Crippen LogP contribution is 2.25. The summed E-state index contributed by atoms with van der Waals surface area (Å²) in [6.07, 6.45) is 14.8. The van der Waals surface area contributed by atoms with Crippen LogP contribution < -0.4 is 0 Å². The number of hydrogen-bond acceptors (Lipinski definition) is 1. The molecular formula is C15H13N. The monoisotopic (exact) mass is 207 g/mol. The zero-order valence-electron chi connectivity index (χ0n) is 9.06. The van der Waals surface area contributed by atoms with Gasteiger partial charge < -0.3 is 0 Å². The van der Waals surface area contributed by atoms with E-state index < -0.39 is 0 Å². The van der Waals surface area contributed by atoms with Gasteiger partial charge in [0, 0.05) is 0 Å². The Labute approximate surface area is 95.5 Å². The first-order chi connectivity index (χ1) is 7.93. The largest absolute Gasteiger partial charge is 0.248 e. The minimum atomic E-state index is 1.01. The highest BCUT2D eigenvalue weighted by atomic mass is 14.7. The molecule has 1 heterocycles. The number of nitrogens with zero attached hydrogens (tertiary/aromatic N) is 1. The van der Waals surface area contributed by atoms with Gasteiger partial charge in [0.05, 0.1) is 11.4 Å². The van der Waals surface area contributed by atoms with Gasteiger partial charge in [-0.15, -0.1) is 0 Å². The summed E-state index contributed by atoms with van der Waals surface area (Å²) >= 11 is 0. The normalized spacial score (nSPS) is 17.8. The van der Waals surface area contributed by atoms with Gasteiger partial charge in [0.25, 0.3) is 0 Å². The third-order valence-electron chi connectivity index (χ3n) is 2.95. The maximum Gasteiger partial charge on any atom is 0.0672 e. The molecule has 1 heteroatoms. The Kier molecular flexibility index (Phi) is 2.30. The summed E-state index contributed by atoms with van der Waals surface area (Å²) in [6.45, 7) is 0. The Morgan fingerprint density at radius 1 is 0.812 bits per heavy atom. The van der Waals surface area contributed by atoms with Crippen molar-refractivity contribution in [2.75, 3.05) is 0 Å². The van der Waals surface area contributed by atoms with Crippen LogP contribution >= 0.6 is 0 Å². The standard InChI is InChI=1S/C15H13N/c1-2-7-12(6-1)14-10-5-11-15(16-14)13-8-3-4-9-13/h1-6,8,10-11H,7,9H2. The fraction of sp³-hybridized carbons (Fsp3) is 0.133. The molecule has 0 N–H and O–H groups in total. The first-order valence-corrected chi connectivity index (χ1v) is 5.63. The topological polar surface area (TPSA) is 12.9 Å². The lowest BCUT2D eigenvalue weighted by Gasteiger charge is -2.05. The zero-order valence-corrected chi connectivity index (χ0v) is 9.06. The van der Waals surface area contributed by atoms with E-state index in [1.54, 1.807) is 0 Å². The van der Waals surface area contributed by atoms with Crippen molar-refractivity contribution >= 4 is 11.1 Å². The molecule has 2 aliphatic carbocycles. The predicted molar refractivity (Wildman–Crippen MR) is 67.7 cm³/mol. The fourth-order valence-electron chi connectivity index (χ4n) is 2.07. The van der Waals surface area contributed by atoms with E-state index in [1.165, 1.54) is 11.1 Å². The van der Waals surface area contributed by atoms with E-state index in [4.69, 9.17) is 4.98 Å². The molecule has 0 saturated carbocycles. The number of hydrogen-bond donors (Lipinski definition) is 0. The van der Waals surface area contributed by atoms with Gasteiger partial charge >= 0.3 is 0 Å². The average Bonchev–Trinajstić information content (AvgIpc) is 3.03. The smallest absolute Gasteiger partial charge is 0.0672 e. The van der Waals surface area contributed by atoms with Crippen LogP contribution in [0.2, 0.25) is 0 Å². The Morgan fingerprint density at radius 2 is 1.38 bits per heavy atom. The van der Waals surface area contributed by atoms with Crippen molar-refractivity contribution in [1.82, 2.24) is 4.98 Å². The van der Waals surface area contributed by atoms with Crippen LogP contribution in [0.5, 0.6) is 0 Å². The maximum atomic E-state index is 4.72. The van der Waals surface area contributed by atoms with Gasteiger partial charge in [-0.2, -0.15) is 0 Å². The number of pyridine rings is 1. The van der Waals surface area contributed by atoms with Crippen LogP contribution in [0.25, 0.3) is 11.1 Å². The van der Waals surface area contributed by atoms with Crippen LogP contribution in [0.15, 0.2) is 54.7 Å². The molecular weight excluding hydrogens is 194 g/mol. The summed E-state index contributed by atoms with van der Waals surface area (Å²) in [5.41, 5.74) is 4.84. The van der Waals surface area contributed by atoms with Crippen LogP contribution in [-0.4, -0.2) is 4.98 Å². The number of allylic oxidation sites excluding steroid dienone is 8. The Balaban J connectivity index is 1.94. The third kappa shape index (κ3) is 1.65. The molecule has 0 spiro atoms. The van der Waals surface area contributed by atoms with Gasteiger partial charge in [0.2, 0.25) is 0 Å². The van der Waals surface area contributed by atoms with Crippen LogP contribution in [0, 0.1) is 0 Å². The van der Waals surface area contributed by atoms with Crippen molar-refractivity contribution in [1.29, 1.82) is 0 Å². The van der Waals surface area contributed by atoms with Gasteiger partial charge in [-0.3, -0.25) is 0 Å². The Bertz CT molecular complexity index is 485. The molecule has 0 amide bonds. The molecule has 1 aromatic heterocycles.